The lowest BCUT2D eigenvalue weighted by molar-refractivity contribution is 0.160. The molecule has 0 saturated carbocycles. The van der Waals surface area contributed by atoms with E-state index in [2.05, 4.69) is 0 Å². The summed E-state index contributed by atoms with van der Waals surface area (Å²) in [5, 5.41) is 18.3. The molecule has 0 bridgehead atoms. The van der Waals surface area contributed by atoms with Crippen LogP contribution in [-0.2, 0) is 6.54 Å². The third-order valence-electron chi connectivity index (χ3n) is 2.22. The molecule has 4 heteroatoms. The number of phenols is 1. The molecule has 4 nitrogen and oxygen atoms in total. The van der Waals surface area contributed by atoms with Gasteiger partial charge in [-0.15, -0.1) is 0 Å². The number of methoxy groups -OCH3 is 1. The predicted octanol–water partition coefficient (Wildman–Crippen LogP) is 1.50. The first-order chi connectivity index (χ1) is 6.61. The number of hydrogen-bond donors (Lipinski definition) is 3. The largest absolute Gasteiger partial charge is 0.507 e. The van der Waals surface area contributed by atoms with E-state index < -0.39 is 0 Å². The van der Waals surface area contributed by atoms with Crippen LogP contribution in [0, 0.1) is 13.8 Å². The molecule has 0 unspecified atom stereocenters. The van der Waals surface area contributed by atoms with E-state index in [1.54, 1.807) is 20.1 Å². The second-order valence-electron chi connectivity index (χ2n) is 3.19. The van der Waals surface area contributed by atoms with Crippen LogP contribution in [0.5, 0.6) is 11.5 Å². The van der Waals surface area contributed by atoms with E-state index in [-0.39, 0.29) is 12.3 Å². The van der Waals surface area contributed by atoms with Crippen molar-refractivity contribution in [1.29, 1.82) is 0 Å². The van der Waals surface area contributed by atoms with Gasteiger partial charge in [-0.3, -0.25) is 0 Å². The zero-order valence-corrected chi connectivity index (χ0v) is 8.59. The van der Waals surface area contributed by atoms with Crippen molar-refractivity contribution in [2.75, 3.05) is 7.11 Å². The van der Waals surface area contributed by atoms with Crippen LogP contribution < -0.4 is 10.2 Å². The van der Waals surface area contributed by atoms with E-state index in [0.717, 1.165) is 5.56 Å². The van der Waals surface area contributed by atoms with E-state index in [1.807, 2.05) is 12.4 Å². The second-order valence-corrected chi connectivity index (χ2v) is 3.19. The lowest BCUT2D eigenvalue weighted by Crippen LogP contribution is -2.07. The van der Waals surface area contributed by atoms with Gasteiger partial charge in [0, 0.05) is 17.7 Å². The second kappa shape index (κ2) is 4.30. The van der Waals surface area contributed by atoms with Crippen LogP contribution in [0.1, 0.15) is 16.7 Å². The summed E-state index contributed by atoms with van der Waals surface area (Å²) in [6.07, 6.45) is 0. The molecule has 0 amide bonds. The van der Waals surface area contributed by atoms with Gasteiger partial charge in [-0.1, -0.05) is 0 Å². The van der Waals surface area contributed by atoms with Gasteiger partial charge in [0.2, 0.25) is 0 Å². The normalized spacial score (nSPS) is 10.3. The molecule has 0 aliphatic rings. The molecule has 1 aromatic carbocycles. The summed E-state index contributed by atoms with van der Waals surface area (Å²) < 4.78 is 5.15. The summed E-state index contributed by atoms with van der Waals surface area (Å²) in [6.45, 7) is 3.89. The van der Waals surface area contributed by atoms with Crippen molar-refractivity contribution in [2.45, 2.75) is 20.4 Å². The molecule has 0 aliphatic carbocycles. The third-order valence-corrected chi connectivity index (χ3v) is 2.22. The van der Waals surface area contributed by atoms with Crippen molar-refractivity contribution >= 4 is 0 Å². The number of rotatable bonds is 3. The number of hydroxylamine groups is 1. The lowest BCUT2D eigenvalue weighted by Gasteiger charge is -2.13. The maximum atomic E-state index is 9.73. The third kappa shape index (κ3) is 1.81. The molecule has 0 saturated heterocycles. The van der Waals surface area contributed by atoms with Crippen LogP contribution >= 0.6 is 0 Å². The number of ether oxygens (including phenoxy) is 1. The van der Waals surface area contributed by atoms with Crippen molar-refractivity contribution < 1.29 is 15.1 Å². The topological polar surface area (TPSA) is 61.7 Å². The number of nitrogens with one attached hydrogen (secondary N) is 1. The molecule has 1 aromatic rings. The molecular formula is C10H15NO3. The summed E-state index contributed by atoms with van der Waals surface area (Å²) in [4.78, 5) is 0. The van der Waals surface area contributed by atoms with E-state index >= 15 is 0 Å². The fraction of sp³-hybridized carbons (Fsp3) is 0.400. The Balaban J connectivity index is 3.25. The molecule has 1 rings (SSSR count). The van der Waals surface area contributed by atoms with Gasteiger partial charge < -0.3 is 15.1 Å². The van der Waals surface area contributed by atoms with Gasteiger partial charge in [0.05, 0.1) is 7.11 Å². The highest BCUT2D eigenvalue weighted by Crippen LogP contribution is 2.33. The summed E-state index contributed by atoms with van der Waals surface area (Å²) in [7, 11) is 1.57. The van der Waals surface area contributed by atoms with Crippen LogP contribution in [0.4, 0.5) is 0 Å². The molecular weight excluding hydrogens is 182 g/mol. The van der Waals surface area contributed by atoms with Crippen molar-refractivity contribution in [3.05, 3.63) is 22.8 Å². The van der Waals surface area contributed by atoms with Crippen molar-refractivity contribution in [3.63, 3.8) is 0 Å². The van der Waals surface area contributed by atoms with Crippen LogP contribution in [0.25, 0.3) is 0 Å². The van der Waals surface area contributed by atoms with Crippen LogP contribution in [-0.4, -0.2) is 17.4 Å². The SMILES string of the molecule is COc1c(C)cc(CNO)c(O)c1C. The molecule has 3 N–H and O–H groups in total. The van der Waals surface area contributed by atoms with Gasteiger partial charge >= 0.3 is 0 Å². The van der Waals surface area contributed by atoms with E-state index in [0.29, 0.717) is 16.9 Å². The van der Waals surface area contributed by atoms with Crippen molar-refractivity contribution in [1.82, 2.24) is 5.48 Å². The average molecular weight is 197 g/mol. The van der Waals surface area contributed by atoms with Gasteiger partial charge in [-0.25, -0.2) is 5.48 Å². The standard InChI is InChI=1S/C10H15NO3/c1-6-4-8(5-11-13)9(12)7(2)10(6)14-3/h4,11-13H,5H2,1-3H3. The Morgan fingerprint density at radius 2 is 2.07 bits per heavy atom. The van der Waals surface area contributed by atoms with Gasteiger partial charge in [-0.05, 0) is 25.5 Å². The molecule has 0 fully saturated rings. The maximum Gasteiger partial charge on any atom is 0.128 e. The number of aryl methyl sites for hydroxylation is 1. The fourth-order valence-corrected chi connectivity index (χ4v) is 1.57. The smallest absolute Gasteiger partial charge is 0.128 e. The van der Waals surface area contributed by atoms with E-state index in [1.165, 1.54) is 0 Å². The van der Waals surface area contributed by atoms with E-state index in [9.17, 15) is 5.11 Å². The highest BCUT2D eigenvalue weighted by Gasteiger charge is 2.12. The zero-order chi connectivity index (χ0) is 10.7. The highest BCUT2D eigenvalue weighted by molar-refractivity contribution is 5.52. The van der Waals surface area contributed by atoms with Crippen molar-refractivity contribution in [2.24, 2.45) is 0 Å². The molecule has 0 atom stereocenters. The average Bonchev–Trinajstić information content (AvgIpc) is 2.15. The first-order valence-electron chi connectivity index (χ1n) is 4.34. The number of benzene rings is 1. The van der Waals surface area contributed by atoms with Crippen LogP contribution in [0.3, 0.4) is 0 Å². The van der Waals surface area contributed by atoms with E-state index in [4.69, 9.17) is 9.94 Å². The lowest BCUT2D eigenvalue weighted by atomic mass is 10.0. The molecule has 0 aliphatic heterocycles. The van der Waals surface area contributed by atoms with Gasteiger partial charge in [0.25, 0.3) is 0 Å². The Kier molecular flexibility index (Phi) is 3.33. The molecule has 0 heterocycles. The number of phenolic OH excluding ortho intramolecular Hbond substituents is 1. The Labute approximate surface area is 83.1 Å². The zero-order valence-electron chi connectivity index (χ0n) is 8.59. The first-order valence-corrected chi connectivity index (χ1v) is 4.34. The molecule has 0 radical (unpaired) electrons. The van der Waals surface area contributed by atoms with Gasteiger partial charge in [0.15, 0.2) is 0 Å². The maximum absolute atomic E-state index is 9.73. The molecule has 0 spiro atoms. The first kappa shape index (κ1) is 10.8. The molecule has 14 heavy (non-hydrogen) atoms. The summed E-state index contributed by atoms with van der Waals surface area (Å²) in [5.41, 5.74) is 4.30. The van der Waals surface area contributed by atoms with Gasteiger partial charge in [0.1, 0.15) is 11.5 Å². The molecule has 0 aromatic heterocycles. The minimum Gasteiger partial charge on any atom is -0.507 e. The fourth-order valence-electron chi connectivity index (χ4n) is 1.57. The summed E-state index contributed by atoms with van der Waals surface area (Å²) in [5.74, 6) is 0.846. The Hall–Kier alpha value is -1.26. The summed E-state index contributed by atoms with van der Waals surface area (Å²) >= 11 is 0. The van der Waals surface area contributed by atoms with Crippen molar-refractivity contribution in [3.8, 4) is 11.5 Å². The highest BCUT2D eigenvalue weighted by atomic mass is 16.5. The summed E-state index contributed by atoms with van der Waals surface area (Å²) in [6, 6.07) is 1.78. The number of aromatic hydroxyl groups is 1. The number of hydrogen-bond acceptors (Lipinski definition) is 4. The Morgan fingerprint density at radius 1 is 1.43 bits per heavy atom. The Morgan fingerprint density at radius 3 is 2.57 bits per heavy atom. The predicted molar refractivity (Wildman–Crippen MR) is 52.8 cm³/mol. The van der Waals surface area contributed by atoms with Crippen LogP contribution in [0.15, 0.2) is 6.07 Å². The minimum absolute atomic E-state index is 0.161. The Bertz CT molecular complexity index is 337. The van der Waals surface area contributed by atoms with Gasteiger partial charge in [-0.2, -0.15) is 0 Å². The monoisotopic (exact) mass is 197 g/mol. The quantitative estimate of drug-likeness (QED) is 0.642. The molecule has 78 valence electrons. The van der Waals surface area contributed by atoms with Crippen LogP contribution in [0.2, 0.25) is 0 Å². The minimum atomic E-state index is 0.161.